The fraction of sp³-hybridized carbons (Fsp3) is 0.0588. The van der Waals surface area contributed by atoms with Gasteiger partial charge in [0.1, 0.15) is 0 Å². The van der Waals surface area contributed by atoms with E-state index in [1.165, 1.54) is 6.26 Å². The largest absolute Gasteiger partial charge is 0.471 e. The monoisotopic (exact) mass is 332 g/mol. The maximum Gasteiger partial charge on any atom is 0.175 e. The number of hydrogen-bond acceptors (Lipinski definition) is 3. The van der Waals surface area contributed by atoms with Crippen molar-refractivity contribution in [3.63, 3.8) is 0 Å². The molecule has 0 atom stereocenters. The minimum atomic E-state index is -3.19. The number of furan rings is 1. The van der Waals surface area contributed by atoms with Gasteiger partial charge in [0.25, 0.3) is 0 Å². The molecular formula is C17H13ClO3S. The van der Waals surface area contributed by atoms with Crippen molar-refractivity contribution in [2.24, 2.45) is 0 Å². The highest BCUT2D eigenvalue weighted by Gasteiger charge is 2.12. The van der Waals surface area contributed by atoms with Crippen molar-refractivity contribution in [2.45, 2.75) is 4.90 Å². The molecule has 112 valence electrons. The average molecular weight is 333 g/mol. The molecule has 0 saturated heterocycles. The molecule has 0 radical (unpaired) electrons. The third kappa shape index (κ3) is 2.93. The summed E-state index contributed by atoms with van der Waals surface area (Å²) in [4.78, 5) is 0.299. The van der Waals surface area contributed by atoms with Gasteiger partial charge in [0.2, 0.25) is 0 Å². The summed E-state index contributed by atoms with van der Waals surface area (Å²) in [6.07, 6.45) is 4.52. The summed E-state index contributed by atoms with van der Waals surface area (Å²) in [7, 11) is -3.19. The lowest BCUT2D eigenvalue weighted by molar-refractivity contribution is 0.569. The first kappa shape index (κ1) is 14.9. The molecule has 0 bridgehead atoms. The third-order valence-corrected chi connectivity index (χ3v) is 4.79. The Labute approximate surface area is 134 Å². The van der Waals surface area contributed by atoms with Crippen LogP contribution in [0.15, 0.2) is 70.4 Å². The molecule has 0 spiro atoms. The normalized spacial score (nSPS) is 11.5. The van der Waals surface area contributed by atoms with E-state index >= 15 is 0 Å². The zero-order valence-electron chi connectivity index (χ0n) is 11.8. The second-order valence-corrected chi connectivity index (χ2v) is 7.45. The lowest BCUT2D eigenvalue weighted by Crippen LogP contribution is -1.96. The van der Waals surface area contributed by atoms with E-state index in [1.807, 2.05) is 24.3 Å². The molecule has 0 saturated carbocycles. The van der Waals surface area contributed by atoms with Crippen molar-refractivity contribution in [1.82, 2.24) is 0 Å². The molecule has 0 aliphatic heterocycles. The smallest absolute Gasteiger partial charge is 0.175 e. The maximum absolute atomic E-state index is 11.5. The Morgan fingerprint density at radius 2 is 1.27 bits per heavy atom. The third-order valence-electron chi connectivity index (χ3n) is 3.41. The van der Waals surface area contributed by atoms with Crippen LogP contribution in [0.5, 0.6) is 0 Å². The molecule has 0 aliphatic carbocycles. The van der Waals surface area contributed by atoms with Gasteiger partial charge in [-0.3, -0.25) is 0 Å². The van der Waals surface area contributed by atoms with E-state index in [1.54, 1.807) is 36.8 Å². The first-order chi connectivity index (χ1) is 10.4. The number of rotatable bonds is 3. The molecule has 22 heavy (non-hydrogen) atoms. The Morgan fingerprint density at radius 3 is 1.73 bits per heavy atom. The zero-order valence-corrected chi connectivity index (χ0v) is 13.4. The Kier molecular flexibility index (Phi) is 3.81. The zero-order chi connectivity index (χ0) is 15.7. The molecule has 0 fully saturated rings. The van der Waals surface area contributed by atoms with E-state index in [4.69, 9.17) is 16.0 Å². The van der Waals surface area contributed by atoms with Gasteiger partial charge in [-0.05, 0) is 35.4 Å². The molecule has 3 aromatic rings. The van der Waals surface area contributed by atoms with Gasteiger partial charge in [0.05, 0.1) is 17.4 Å². The predicted octanol–water partition coefficient (Wildman–Crippen LogP) is 4.67. The summed E-state index contributed by atoms with van der Waals surface area (Å²) >= 11 is 5.91. The fourth-order valence-electron chi connectivity index (χ4n) is 2.26. The van der Waals surface area contributed by atoms with E-state index < -0.39 is 9.84 Å². The minimum absolute atomic E-state index is 0.299. The predicted molar refractivity (Wildman–Crippen MR) is 87.7 cm³/mol. The van der Waals surface area contributed by atoms with E-state index in [-0.39, 0.29) is 0 Å². The second kappa shape index (κ2) is 5.63. The molecule has 0 N–H and O–H groups in total. The molecule has 1 aromatic heterocycles. The first-order valence-corrected chi connectivity index (χ1v) is 8.85. The van der Waals surface area contributed by atoms with E-state index in [0.717, 1.165) is 22.3 Å². The standard InChI is InChI=1S/C17H13ClO3S/c1-22(19,20)15-8-4-13(5-9-15)17-11-21-10-16(17)12-2-6-14(18)7-3-12/h2-11H,1H3. The van der Waals surface area contributed by atoms with Gasteiger partial charge >= 0.3 is 0 Å². The van der Waals surface area contributed by atoms with Crippen LogP contribution in [-0.4, -0.2) is 14.7 Å². The Hall–Kier alpha value is -2.04. The Morgan fingerprint density at radius 1 is 0.818 bits per heavy atom. The number of sulfone groups is 1. The summed E-state index contributed by atoms with van der Waals surface area (Å²) in [5, 5.41) is 0.673. The number of benzene rings is 2. The van der Waals surface area contributed by atoms with Crippen molar-refractivity contribution in [2.75, 3.05) is 6.26 Å². The molecule has 3 nitrogen and oxygen atoms in total. The Bertz CT molecular complexity index is 892. The van der Waals surface area contributed by atoms with Crippen LogP contribution in [-0.2, 0) is 9.84 Å². The van der Waals surface area contributed by atoms with Gasteiger partial charge in [-0.1, -0.05) is 35.9 Å². The van der Waals surface area contributed by atoms with Gasteiger partial charge in [-0.2, -0.15) is 0 Å². The summed E-state index contributed by atoms with van der Waals surface area (Å²) in [6.45, 7) is 0. The number of hydrogen-bond donors (Lipinski definition) is 0. The van der Waals surface area contributed by atoms with Crippen LogP contribution >= 0.6 is 11.6 Å². The van der Waals surface area contributed by atoms with Gasteiger partial charge in [-0.15, -0.1) is 0 Å². The van der Waals surface area contributed by atoms with E-state index in [2.05, 4.69) is 0 Å². The van der Waals surface area contributed by atoms with Crippen LogP contribution in [0, 0.1) is 0 Å². The minimum Gasteiger partial charge on any atom is -0.471 e. The van der Waals surface area contributed by atoms with Gasteiger partial charge < -0.3 is 4.42 Å². The van der Waals surface area contributed by atoms with Crippen LogP contribution < -0.4 is 0 Å². The van der Waals surface area contributed by atoms with Crippen molar-refractivity contribution < 1.29 is 12.8 Å². The van der Waals surface area contributed by atoms with Crippen LogP contribution in [0.4, 0.5) is 0 Å². The van der Waals surface area contributed by atoms with Crippen LogP contribution in [0.25, 0.3) is 22.3 Å². The van der Waals surface area contributed by atoms with Crippen LogP contribution in [0.3, 0.4) is 0 Å². The highest BCUT2D eigenvalue weighted by Crippen LogP contribution is 2.34. The first-order valence-electron chi connectivity index (χ1n) is 6.58. The SMILES string of the molecule is CS(=O)(=O)c1ccc(-c2cocc2-c2ccc(Cl)cc2)cc1. The molecule has 5 heteroatoms. The molecular weight excluding hydrogens is 320 g/mol. The van der Waals surface area contributed by atoms with Crippen molar-refractivity contribution >= 4 is 21.4 Å². The van der Waals surface area contributed by atoms with E-state index in [9.17, 15) is 8.42 Å². The molecule has 0 aliphatic rings. The molecule has 0 unspecified atom stereocenters. The van der Waals surface area contributed by atoms with Crippen LogP contribution in [0.1, 0.15) is 0 Å². The Balaban J connectivity index is 2.03. The molecule has 0 amide bonds. The lowest BCUT2D eigenvalue weighted by atomic mass is 9.99. The topological polar surface area (TPSA) is 47.3 Å². The maximum atomic E-state index is 11.5. The average Bonchev–Trinajstić information content (AvgIpc) is 2.97. The highest BCUT2D eigenvalue weighted by atomic mass is 35.5. The lowest BCUT2D eigenvalue weighted by Gasteiger charge is -2.05. The molecule has 2 aromatic carbocycles. The molecule has 3 rings (SSSR count). The quantitative estimate of drug-likeness (QED) is 0.700. The number of halogens is 1. The summed E-state index contributed by atoms with van der Waals surface area (Å²) in [5.41, 5.74) is 3.72. The van der Waals surface area contributed by atoms with Crippen molar-refractivity contribution in [3.05, 3.63) is 66.1 Å². The second-order valence-electron chi connectivity index (χ2n) is 5.00. The van der Waals surface area contributed by atoms with Crippen molar-refractivity contribution in [3.8, 4) is 22.3 Å². The summed E-state index contributed by atoms with van der Waals surface area (Å²) in [6, 6.07) is 14.2. The fourth-order valence-corrected chi connectivity index (χ4v) is 3.01. The van der Waals surface area contributed by atoms with Gasteiger partial charge in [0, 0.05) is 22.4 Å². The summed E-state index contributed by atoms with van der Waals surface area (Å²) in [5.74, 6) is 0. The summed E-state index contributed by atoms with van der Waals surface area (Å²) < 4.78 is 28.4. The van der Waals surface area contributed by atoms with Crippen molar-refractivity contribution in [1.29, 1.82) is 0 Å². The van der Waals surface area contributed by atoms with E-state index in [0.29, 0.717) is 9.92 Å². The highest BCUT2D eigenvalue weighted by molar-refractivity contribution is 7.90. The molecule has 1 heterocycles. The van der Waals surface area contributed by atoms with Crippen LogP contribution in [0.2, 0.25) is 5.02 Å². The van der Waals surface area contributed by atoms with Gasteiger partial charge in [0.15, 0.2) is 9.84 Å². The van der Waals surface area contributed by atoms with Gasteiger partial charge in [-0.25, -0.2) is 8.42 Å².